The van der Waals surface area contributed by atoms with Gasteiger partial charge in [-0.05, 0) is 37.1 Å². The number of carbonyl (C=O) groups is 1. The molecule has 0 atom stereocenters. The average Bonchev–Trinajstić information content (AvgIpc) is 2.94. The maximum atomic E-state index is 12.8. The van der Waals surface area contributed by atoms with Crippen molar-refractivity contribution in [2.75, 3.05) is 18.4 Å². The van der Waals surface area contributed by atoms with Crippen LogP contribution in [-0.2, 0) is 4.79 Å². The predicted octanol–water partition coefficient (Wildman–Crippen LogP) is 2.29. The van der Waals surface area contributed by atoms with Gasteiger partial charge in [0.1, 0.15) is 5.82 Å². The molecule has 21 heavy (non-hydrogen) atoms. The van der Waals surface area contributed by atoms with Crippen LogP contribution < -0.4 is 11.1 Å². The number of nitrogens with two attached hydrogens (primary N) is 1. The van der Waals surface area contributed by atoms with Gasteiger partial charge in [0.2, 0.25) is 5.91 Å². The molecule has 1 amide bonds. The number of nitrogens with zero attached hydrogens (tertiary/aromatic N) is 1. The van der Waals surface area contributed by atoms with Crippen molar-refractivity contribution < 1.29 is 9.18 Å². The molecule has 0 saturated heterocycles. The van der Waals surface area contributed by atoms with E-state index in [1.54, 1.807) is 12.1 Å². The summed E-state index contributed by atoms with van der Waals surface area (Å²) in [6, 6.07) is 6.09. The zero-order valence-corrected chi connectivity index (χ0v) is 12.7. The minimum Gasteiger partial charge on any atom is -0.392 e. The van der Waals surface area contributed by atoms with E-state index in [1.807, 2.05) is 4.90 Å². The number of anilines is 1. The molecule has 114 valence electrons. The molecule has 4 nitrogen and oxygen atoms in total. The van der Waals surface area contributed by atoms with Crippen molar-refractivity contribution in [2.45, 2.75) is 31.7 Å². The zero-order chi connectivity index (χ0) is 15.2. The maximum Gasteiger partial charge on any atom is 0.238 e. The van der Waals surface area contributed by atoms with E-state index in [2.05, 4.69) is 5.32 Å². The molecular formula is C15H20FN3OS. The summed E-state index contributed by atoms with van der Waals surface area (Å²) < 4.78 is 12.8. The molecule has 1 saturated carbocycles. The van der Waals surface area contributed by atoms with Crippen molar-refractivity contribution in [1.29, 1.82) is 0 Å². The molecule has 0 heterocycles. The molecule has 0 aromatic heterocycles. The lowest BCUT2D eigenvalue weighted by molar-refractivity contribution is -0.117. The molecule has 1 fully saturated rings. The Morgan fingerprint density at radius 3 is 2.48 bits per heavy atom. The van der Waals surface area contributed by atoms with Crippen LogP contribution in [0.2, 0.25) is 0 Å². The number of amides is 1. The quantitative estimate of drug-likeness (QED) is 0.792. The first-order valence-corrected chi connectivity index (χ1v) is 7.53. The molecule has 0 spiro atoms. The van der Waals surface area contributed by atoms with Gasteiger partial charge >= 0.3 is 0 Å². The first kappa shape index (κ1) is 15.9. The van der Waals surface area contributed by atoms with Crippen LogP contribution in [0.15, 0.2) is 24.3 Å². The first-order valence-electron chi connectivity index (χ1n) is 7.12. The second-order valence-electron chi connectivity index (χ2n) is 5.36. The second kappa shape index (κ2) is 7.47. The standard InChI is InChI=1S/C15H20FN3OS/c16-11-5-7-12(8-6-11)18-15(20)10-19(9-14(17)21)13-3-1-2-4-13/h5-8,13H,1-4,9-10H2,(H2,17,21)(H,18,20). The fraction of sp³-hybridized carbons (Fsp3) is 0.467. The number of benzene rings is 1. The van der Waals surface area contributed by atoms with Crippen LogP contribution in [0, 0.1) is 5.82 Å². The van der Waals surface area contributed by atoms with Crippen LogP contribution in [0.5, 0.6) is 0 Å². The Hall–Kier alpha value is -1.53. The Kier molecular flexibility index (Phi) is 5.64. The highest BCUT2D eigenvalue weighted by atomic mass is 32.1. The van der Waals surface area contributed by atoms with E-state index >= 15 is 0 Å². The van der Waals surface area contributed by atoms with Crippen LogP contribution in [0.4, 0.5) is 10.1 Å². The average molecular weight is 309 g/mol. The van der Waals surface area contributed by atoms with Crippen molar-refractivity contribution in [3.8, 4) is 0 Å². The minimum absolute atomic E-state index is 0.134. The SMILES string of the molecule is NC(=S)CN(CC(=O)Nc1ccc(F)cc1)C1CCCC1. The van der Waals surface area contributed by atoms with Crippen molar-refractivity contribution in [2.24, 2.45) is 5.73 Å². The lowest BCUT2D eigenvalue weighted by Crippen LogP contribution is -2.43. The highest BCUT2D eigenvalue weighted by Crippen LogP contribution is 2.23. The minimum atomic E-state index is -0.325. The summed E-state index contributed by atoms with van der Waals surface area (Å²) in [6.07, 6.45) is 4.51. The van der Waals surface area contributed by atoms with Crippen LogP contribution in [-0.4, -0.2) is 34.9 Å². The highest BCUT2D eigenvalue weighted by Gasteiger charge is 2.24. The monoisotopic (exact) mass is 309 g/mol. The molecule has 0 radical (unpaired) electrons. The van der Waals surface area contributed by atoms with E-state index in [1.165, 1.54) is 25.0 Å². The molecule has 1 aliphatic carbocycles. The van der Waals surface area contributed by atoms with Crippen molar-refractivity contribution in [1.82, 2.24) is 4.90 Å². The summed E-state index contributed by atoms with van der Waals surface area (Å²) in [6.45, 7) is 0.705. The fourth-order valence-electron chi connectivity index (χ4n) is 2.70. The van der Waals surface area contributed by atoms with Gasteiger partial charge in [-0.3, -0.25) is 9.69 Å². The largest absolute Gasteiger partial charge is 0.392 e. The van der Waals surface area contributed by atoms with Gasteiger partial charge < -0.3 is 11.1 Å². The highest BCUT2D eigenvalue weighted by molar-refractivity contribution is 7.80. The van der Waals surface area contributed by atoms with Gasteiger partial charge in [0.05, 0.1) is 11.5 Å². The summed E-state index contributed by atoms with van der Waals surface area (Å²) in [5.74, 6) is -0.459. The smallest absolute Gasteiger partial charge is 0.238 e. The third-order valence-corrected chi connectivity index (χ3v) is 3.80. The molecular weight excluding hydrogens is 289 g/mol. The van der Waals surface area contributed by atoms with Crippen molar-refractivity contribution >= 4 is 28.8 Å². The summed E-state index contributed by atoms with van der Waals surface area (Å²) in [5.41, 5.74) is 6.21. The topological polar surface area (TPSA) is 58.4 Å². The lowest BCUT2D eigenvalue weighted by atomic mass is 10.2. The predicted molar refractivity (Wildman–Crippen MR) is 85.6 cm³/mol. The zero-order valence-electron chi connectivity index (χ0n) is 11.8. The molecule has 2 rings (SSSR count). The molecule has 1 aromatic rings. The fourth-order valence-corrected chi connectivity index (χ4v) is 2.87. The van der Waals surface area contributed by atoms with Gasteiger partial charge in [0, 0.05) is 18.3 Å². The van der Waals surface area contributed by atoms with Gasteiger partial charge in [-0.25, -0.2) is 4.39 Å². The van der Waals surface area contributed by atoms with E-state index in [0.717, 1.165) is 12.8 Å². The number of hydrogen-bond acceptors (Lipinski definition) is 3. The second-order valence-corrected chi connectivity index (χ2v) is 5.89. The van der Waals surface area contributed by atoms with Gasteiger partial charge in [-0.1, -0.05) is 25.1 Å². The summed E-state index contributed by atoms with van der Waals surface area (Å²) >= 11 is 4.97. The van der Waals surface area contributed by atoms with Crippen LogP contribution >= 0.6 is 12.2 Å². The Balaban J connectivity index is 1.93. The molecule has 3 N–H and O–H groups in total. The van der Waals surface area contributed by atoms with Gasteiger partial charge in [0.15, 0.2) is 0 Å². The van der Waals surface area contributed by atoms with Gasteiger partial charge in [-0.15, -0.1) is 0 Å². The summed E-state index contributed by atoms with van der Waals surface area (Å²) in [4.78, 5) is 14.6. The molecule has 6 heteroatoms. The normalized spacial score (nSPS) is 15.3. The number of thiocarbonyl (C=S) groups is 1. The van der Waals surface area contributed by atoms with Crippen LogP contribution in [0.1, 0.15) is 25.7 Å². The third kappa shape index (κ3) is 5.06. The van der Waals surface area contributed by atoms with E-state index in [4.69, 9.17) is 18.0 Å². The number of carbonyl (C=O) groups excluding carboxylic acids is 1. The van der Waals surface area contributed by atoms with Gasteiger partial charge in [-0.2, -0.15) is 0 Å². The van der Waals surface area contributed by atoms with E-state index < -0.39 is 0 Å². The van der Waals surface area contributed by atoms with Crippen molar-refractivity contribution in [3.05, 3.63) is 30.1 Å². The van der Waals surface area contributed by atoms with Crippen molar-refractivity contribution in [3.63, 3.8) is 0 Å². The van der Waals surface area contributed by atoms with Crippen LogP contribution in [0.25, 0.3) is 0 Å². The molecule has 1 aromatic carbocycles. The summed E-state index contributed by atoms with van der Waals surface area (Å²) in [5, 5.41) is 2.76. The first-order chi connectivity index (χ1) is 10.0. The van der Waals surface area contributed by atoms with E-state index in [9.17, 15) is 9.18 Å². The number of halogens is 1. The number of nitrogens with one attached hydrogen (secondary N) is 1. The lowest BCUT2D eigenvalue weighted by Gasteiger charge is -2.27. The molecule has 0 aliphatic heterocycles. The van der Waals surface area contributed by atoms with Gasteiger partial charge in [0.25, 0.3) is 0 Å². The Labute approximate surface area is 129 Å². The maximum absolute atomic E-state index is 12.8. The van der Waals surface area contributed by atoms with E-state index in [-0.39, 0.29) is 18.3 Å². The molecule has 0 bridgehead atoms. The number of rotatable bonds is 6. The molecule has 1 aliphatic rings. The third-order valence-electron chi connectivity index (χ3n) is 3.67. The van der Waals surface area contributed by atoms with Crippen LogP contribution in [0.3, 0.4) is 0 Å². The summed E-state index contributed by atoms with van der Waals surface area (Å²) in [7, 11) is 0. The Morgan fingerprint density at radius 2 is 1.90 bits per heavy atom. The van der Waals surface area contributed by atoms with E-state index in [0.29, 0.717) is 23.3 Å². The number of hydrogen-bond donors (Lipinski definition) is 2. The Bertz CT molecular complexity index is 500. The molecule has 0 unspecified atom stereocenters. The Morgan fingerprint density at radius 1 is 1.29 bits per heavy atom.